The smallest absolute Gasteiger partial charge is 0.346 e. The van der Waals surface area contributed by atoms with Crippen molar-refractivity contribution in [3.63, 3.8) is 0 Å². The second kappa shape index (κ2) is 7.19. The summed E-state index contributed by atoms with van der Waals surface area (Å²) in [6.45, 7) is 0. The summed E-state index contributed by atoms with van der Waals surface area (Å²) in [5.74, 6) is -3.02. The fraction of sp³-hybridized carbons (Fsp3) is 0. The summed E-state index contributed by atoms with van der Waals surface area (Å²) in [5, 5.41) is 53.3. The largest absolute Gasteiger partial charge is 0.477 e. The Morgan fingerprint density at radius 1 is 0.826 bits per heavy atom. The van der Waals surface area contributed by atoms with Crippen molar-refractivity contribution < 1.29 is 19.8 Å². The molecule has 1 rings (SSSR count). The van der Waals surface area contributed by atoms with Crippen LogP contribution in [-0.2, 0) is 9.59 Å². The van der Waals surface area contributed by atoms with Crippen LogP contribution in [0.1, 0.15) is 20.9 Å². The highest BCUT2D eigenvalue weighted by molar-refractivity contribution is 7.14. The van der Waals surface area contributed by atoms with E-state index in [4.69, 9.17) is 31.3 Å². The molecule has 0 amide bonds. The highest BCUT2D eigenvalue weighted by Crippen LogP contribution is 2.31. The molecule has 0 saturated carbocycles. The Bertz CT molecular complexity index is 852. The van der Waals surface area contributed by atoms with E-state index in [1.807, 2.05) is 0 Å². The lowest BCUT2D eigenvalue weighted by molar-refractivity contribution is -0.133. The van der Waals surface area contributed by atoms with Crippen molar-refractivity contribution >= 4 is 35.4 Å². The van der Waals surface area contributed by atoms with Crippen LogP contribution in [0.5, 0.6) is 0 Å². The third-order valence-corrected chi connectivity index (χ3v) is 3.52. The Morgan fingerprint density at radius 3 is 1.39 bits per heavy atom. The van der Waals surface area contributed by atoms with Gasteiger partial charge in [-0.2, -0.15) is 21.0 Å². The highest BCUT2D eigenvalue weighted by atomic mass is 32.1. The Morgan fingerprint density at radius 2 is 1.17 bits per heavy atom. The van der Waals surface area contributed by atoms with E-state index in [9.17, 15) is 9.59 Å². The molecule has 0 fully saturated rings. The first-order valence-electron chi connectivity index (χ1n) is 5.56. The first-order valence-corrected chi connectivity index (χ1v) is 6.38. The van der Waals surface area contributed by atoms with Gasteiger partial charge in [-0.15, -0.1) is 11.3 Å². The summed E-state index contributed by atoms with van der Waals surface area (Å²) < 4.78 is 0. The van der Waals surface area contributed by atoms with E-state index in [0.29, 0.717) is 0 Å². The summed E-state index contributed by atoms with van der Waals surface area (Å²) in [6.07, 6.45) is 1.83. The molecular weight excluding hydrogens is 320 g/mol. The van der Waals surface area contributed by atoms with Crippen molar-refractivity contribution in [3.05, 3.63) is 32.0 Å². The zero-order valence-electron chi connectivity index (χ0n) is 11.1. The number of carbonyl (C=O) groups is 2. The fourth-order valence-electron chi connectivity index (χ4n) is 1.44. The van der Waals surface area contributed by atoms with E-state index in [-0.39, 0.29) is 20.9 Å². The molecule has 0 bridgehead atoms. The second-order valence-corrected chi connectivity index (χ2v) is 4.84. The minimum absolute atomic E-state index is 0.0110. The van der Waals surface area contributed by atoms with Gasteiger partial charge in [0.2, 0.25) is 0 Å². The first kappa shape index (κ1) is 17.1. The normalized spacial score (nSPS) is 10.8. The zero-order valence-corrected chi connectivity index (χ0v) is 11.9. The number of carboxylic acids is 2. The number of nitriles is 4. The van der Waals surface area contributed by atoms with Crippen LogP contribution in [0.4, 0.5) is 0 Å². The second-order valence-electron chi connectivity index (χ2n) is 3.75. The monoisotopic (exact) mass is 324 g/mol. The van der Waals surface area contributed by atoms with Gasteiger partial charge in [0.05, 0.1) is 11.1 Å². The zero-order chi connectivity index (χ0) is 17.6. The van der Waals surface area contributed by atoms with E-state index in [2.05, 4.69) is 0 Å². The van der Waals surface area contributed by atoms with Crippen LogP contribution in [0.25, 0.3) is 12.2 Å². The standard InChI is InChI=1S/C14H4N4O4S/c15-3-7(13(19)20)1-11-9(5-17)10(6-18)12(23-11)2-8(4-16)14(21)22/h1-2H,(H,19,20)(H,21,22). The quantitative estimate of drug-likeness (QED) is 0.619. The molecule has 9 heteroatoms. The summed E-state index contributed by atoms with van der Waals surface area (Å²) >= 11 is 0.731. The number of rotatable bonds is 4. The SMILES string of the molecule is N#CC(=Cc1sc(C=C(C#N)C(=O)O)c(C#N)c1C#N)C(=O)O. The lowest BCUT2D eigenvalue weighted by atomic mass is 10.1. The molecule has 0 atom stereocenters. The van der Waals surface area contributed by atoms with Gasteiger partial charge >= 0.3 is 11.9 Å². The van der Waals surface area contributed by atoms with Gasteiger partial charge < -0.3 is 10.2 Å². The van der Waals surface area contributed by atoms with Gasteiger partial charge in [-0.05, 0) is 12.2 Å². The average Bonchev–Trinajstić information content (AvgIpc) is 2.85. The molecule has 0 spiro atoms. The Labute approximate surface area is 133 Å². The molecule has 23 heavy (non-hydrogen) atoms. The summed E-state index contributed by atoms with van der Waals surface area (Å²) in [7, 11) is 0. The van der Waals surface area contributed by atoms with Gasteiger partial charge in [0.15, 0.2) is 0 Å². The minimum atomic E-state index is -1.51. The minimum Gasteiger partial charge on any atom is -0.477 e. The summed E-state index contributed by atoms with van der Waals surface area (Å²) in [4.78, 5) is 21.7. The molecule has 0 aliphatic rings. The van der Waals surface area contributed by atoms with Crippen molar-refractivity contribution in [2.24, 2.45) is 0 Å². The molecule has 1 aromatic heterocycles. The van der Waals surface area contributed by atoms with Crippen molar-refractivity contribution in [3.8, 4) is 24.3 Å². The third-order valence-electron chi connectivity index (χ3n) is 2.44. The van der Waals surface area contributed by atoms with Gasteiger partial charge in [-0.3, -0.25) is 0 Å². The number of hydrogen-bond acceptors (Lipinski definition) is 7. The molecule has 0 saturated heterocycles. The average molecular weight is 324 g/mol. The molecule has 0 aliphatic carbocycles. The van der Waals surface area contributed by atoms with Crippen LogP contribution in [0.15, 0.2) is 11.1 Å². The molecule has 1 aromatic rings. The number of hydrogen-bond donors (Lipinski definition) is 2. The van der Waals surface area contributed by atoms with Crippen molar-refractivity contribution in [2.75, 3.05) is 0 Å². The van der Waals surface area contributed by atoms with E-state index >= 15 is 0 Å². The van der Waals surface area contributed by atoms with E-state index in [0.717, 1.165) is 23.5 Å². The molecule has 110 valence electrons. The maximum Gasteiger partial charge on any atom is 0.346 e. The van der Waals surface area contributed by atoms with Crippen molar-refractivity contribution in [2.45, 2.75) is 0 Å². The lowest BCUT2D eigenvalue weighted by Gasteiger charge is -1.90. The van der Waals surface area contributed by atoms with Crippen LogP contribution in [0.2, 0.25) is 0 Å². The molecular formula is C14H4N4O4S. The topological polar surface area (TPSA) is 170 Å². The van der Waals surface area contributed by atoms with Crippen molar-refractivity contribution in [1.29, 1.82) is 21.0 Å². The number of carboxylic acid groups (broad SMARTS) is 2. The summed E-state index contributed by atoms with van der Waals surface area (Å²) in [5.41, 5.74) is -1.69. The maximum absolute atomic E-state index is 10.8. The molecule has 0 unspecified atom stereocenters. The molecule has 0 radical (unpaired) electrons. The Hall–Kier alpha value is -3.92. The van der Waals surface area contributed by atoms with Crippen LogP contribution < -0.4 is 0 Å². The fourth-order valence-corrected chi connectivity index (χ4v) is 2.53. The first-order chi connectivity index (χ1) is 10.9. The summed E-state index contributed by atoms with van der Waals surface area (Å²) in [6, 6.07) is 6.28. The maximum atomic E-state index is 10.8. The van der Waals surface area contributed by atoms with Gasteiger partial charge in [0, 0.05) is 9.75 Å². The van der Waals surface area contributed by atoms with Crippen LogP contribution in [-0.4, -0.2) is 22.2 Å². The van der Waals surface area contributed by atoms with Gasteiger partial charge in [-0.1, -0.05) is 0 Å². The molecule has 0 aliphatic heterocycles. The molecule has 2 N–H and O–H groups in total. The molecule has 0 aromatic carbocycles. The molecule has 8 nitrogen and oxygen atoms in total. The van der Waals surface area contributed by atoms with Gasteiger partial charge in [0.1, 0.15) is 35.4 Å². The third kappa shape index (κ3) is 3.59. The number of aliphatic carboxylic acids is 2. The lowest BCUT2D eigenvalue weighted by Crippen LogP contribution is -1.97. The van der Waals surface area contributed by atoms with Crippen molar-refractivity contribution in [1.82, 2.24) is 0 Å². The van der Waals surface area contributed by atoms with E-state index < -0.39 is 23.1 Å². The molecule has 1 heterocycles. The number of nitrogens with zero attached hydrogens (tertiary/aromatic N) is 4. The Balaban J connectivity index is 3.69. The van der Waals surface area contributed by atoms with E-state index in [1.165, 1.54) is 12.1 Å². The Kier molecular flexibility index (Phi) is 5.36. The highest BCUT2D eigenvalue weighted by Gasteiger charge is 2.19. The van der Waals surface area contributed by atoms with Crippen LogP contribution in [0, 0.1) is 45.3 Å². The van der Waals surface area contributed by atoms with Crippen LogP contribution in [0.3, 0.4) is 0 Å². The van der Waals surface area contributed by atoms with Gasteiger partial charge in [0.25, 0.3) is 0 Å². The van der Waals surface area contributed by atoms with Crippen LogP contribution >= 0.6 is 11.3 Å². The predicted octanol–water partition coefficient (Wildman–Crippen LogP) is 1.47. The predicted molar refractivity (Wildman–Crippen MR) is 76.2 cm³/mol. The van der Waals surface area contributed by atoms with E-state index in [1.54, 1.807) is 12.1 Å². The number of thiophene rings is 1. The van der Waals surface area contributed by atoms with Gasteiger partial charge in [-0.25, -0.2) is 9.59 Å².